The largest absolute Gasteiger partial charge is 0.534 e. The first-order valence-electron chi connectivity index (χ1n) is 8.55. The summed E-state index contributed by atoms with van der Waals surface area (Å²) in [5.74, 6) is -0.852. The van der Waals surface area contributed by atoms with Crippen molar-refractivity contribution < 1.29 is 25.8 Å². The predicted molar refractivity (Wildman–Crippen MR) is 109 cm³/mol. The Morgan fingerprint density at radius 1 is 1.00 bits per heavy atom. The number of nitrogens with zero attached hydrogens (tertiary/aromatic N) is 2. The van der Waals surface area contributed by atoms with Crippen LogP contribution >= 0.6 is 15.9 Å². The van der Waals surface area contributed by atoms with E-state index < -0.39 is 27.1 Å². The van der Waals surface area contributed by atoms with Crippen molar-refractivity contribution in [2.75, 3.05) is 0 Å². The lowest BCUT2D eigenvalue weighted by molar-refractivity contribution is -0.0501. The molecule has 1 aromatic heterocycles. The Kier molecular flexibility index (Phi) is 5.48. The van der Waals surface area contributed by atoms with E-state index in [1.54, 1.807) is 24.3 Å². The summed E-state index contributed by atoms with van der Waals surface area (Å²) in [6.07, 6.45) is 0. The van der Waals surface area contributed by atoms with Crippen LogP contribution in [0.15, 0.2) is 51.7 Å². The normalized spacial score (nSPS) is 12.9. The van der Waals surface area contributed by atoms with E-state index in [4.69, 9.17) is 0 Å². The molecule has 3 rings (SSSR count). The number of hydrogen-bond acceptors (Lipinski definition) is 5. The average Bonchev–Trinajstić information content (AvgIpc) is 2.62. The Labute approximate surface area is 178 Å². The fourth-order valence-electron chi connectivity index (χ4n) is 2.67. The lowest BCUT2D eigenvalue weighted by Gasteiger charge is -2.19. The second kappa shape index (κ2) is 7.38. The van der Waals surface area contributed by atoms with Crippen LogP contribution in [-0.4, -0.2) is 23.7 Å². The maximum Gasteiger partial charge on any atom is 0.534 e. The van der Waals surface area contributed by atoms with Gasteiger partial charge < -0.3 is 4.18 Å². The summed E-state index contributed by atoms with van der Waals surface area (Å²) in [5, 5.41) is 3.55. The van der Waals surface area contributed by atoms with Gasteiger partial charge in [0.15, 0.2) is 0 Å². The highest BCUT2D eigenvalue weighted by Gasteiger charge is 2.49. The minimum atomic E-state index is -5.98. The molecule has 0 fully saturated rings. The Balaban J connectivity index is 2.26. The first kappa shape index (κ1) is 22.3. The van der Waals surface area contributed by atoms with Gasteiger partial charge in [0.1, 0.15) is 0 Å². The second-order valence-electron chi connectivity index (χ2n) is 7.49. The number of fused-ring (bicyclic) bond motifs is 1. The molecule has 6 nitrogen and oxygen atoms in total. The molecular weight excluding hydrogens is 489 g/mol. The molecular formula is C19H16BrF3N2O4S. The van der Waals surface area contributed by atoms with E-state index in [1.807, 2.05) is 20.8 Å². The monoisotopic (exact) mass is 504 g/mol. The van der Waals surface area contributed by atoms with Crippen LogP contribution in [0.4, 0.5) is 13.2 Å². The Morgan fingerprint density at radius 2 is 1.60 bits per heavy atom. The van der Waals surface area contributed by atoms with Crippen LogP contribution in [0.5, 0.6) is 5.88 Å². The fourth-order valence-corrected chi connectivity index (χ4v) is 3.46. The lowest BCUT2D eigenvalue weighted by atomic mass is 9.87. The molecule has 11 heteroatoms. The third-order valence-electron chi connectivity index (χ3n) is 4.28. The minimum Gasteiger partial charge on any atom is -0.353 e. The third kappa shape index (κ3) is 4.22. The van der Waals surface area contributed by atoms with Crippen LogP contribution in [0.25, 0.3) is 16.5 Å². The fraction of sp³-hybridized carbons (Fsp3) is 0.263. The van der Waals surface area contributed by atoms with E-state index in [-0.39, 0.29) is 21.9 Å². The Hall–Kier alpha value is -2.40. The van der Waals surface area contributed by atoms with Crippen LogP contribution in [0.3, 0.4) is 0 Å². The number of rotatable bonds is 3. The highest BCUT2D eigenvalue weighted by atomic mass is 79.9. The van der Waals surface area contributed by atoms with Gasteiger partial charge in [-0.15, -0.1) is 5.10 Å². The van der Waals surface area contributed by atoms with Crippen LogP contribution in [0.2, 0.25) is 0 Å². The average molecular weight is 505 g/mol. The summed E-state index contributed by atoms with van der Waals surface area (Å²) in [4.78, 5) is 12.9. The molecule has 0 atom stereocenters. The molecule has 30 heavy (non-hydrogen) atoms. The van der Waals surface area contributed by atoms with E-state index in [2.05, 4.69) is 25.2 Å². The van der Waals surface area contributed by atoms with E-state index >= 15 is 0 Å². The van der Waals surface area contributed by atoms with Crippen molar-refractivity contribution in [3.63, 3.8) is 0 Å². The van der Waals surface area contributed by atoms with Crippen molar-refractivity contribution in [3.05, 3.63) is 62.9 Å². The first-order valence-corrected chi connectivity index (χ1v) is 10.7. The summed E-state index contributed by atoms with van der Waals surface area (Å²) >= 11 is 3.19. The van der Waals surface area contributed by atoms with Crippen molar-refractivity contribution in [1.29, 1.82) is 0 Å². The first-order chi connectivity index (χ1) is 13.7. The number of aromatic nitrogens is 2. The SMILES string of the molecule is CC(C)(C)c1ccc(-n2nc(OS(=O)(=O)C(F)(F)F)c3ccc(Br)cc3c2=O)cc1. The van der Waals surface area contributed by atoms with Gasteiger partial charge >= 0.3 is 15.6 Å². The van der Waals surface area contributed by atoms with Crippen LogP contribution in [-0.2, 0) is 15.5 Å². The van der Waals surface area contributed by atoms with Crippen molar-refractivity contribution in [2.45, 2.75) is 31.7 Å². The molecule has 0 spiro atoms. The van der Waals surface area contributed by atoms with Gasteiger partial charge in [-0.2, -0.15) is 26.3 Å². The van der Waals surface area contributed by atoms with Gasteiger partial charge in [0.25, 0.3) is 11.4 Å². The molecule has 0 saturated heterocycles. The number of halogens is 4. The van der Waals surface area contributed by atoms with Gasteiger partial charge in [0, 0.05) is 4.47 Å². The molecule has 0 aliphatic rings. The minimum absolute atomic E-state index is 0.0633. The predicted octanol–water partition coefficient (Wildman–Crippen LogP) is 4.67. The van der Waals surface area contributed by atoms with E-state index in [0.717, 1.165) is 10.2 Å². The molecule has 2 aromatic carbocycles. The molecule has 1 heterocycles. The molecule has 3 aromatic rings. The Bertz CT molecular complexity index is 1280. The lowest BCUT2D eigenvalue weighted by Crippen LogP contribution is -2.30. The second-order valence-corrected chi connectivity index (χ2v) is 9.95. The molecule has 0 amide bonds. The number of hydrogen-bond donors (Lipinski definition) is 0. The van der Waals surface area contributed by atoms with Crippen molar-refractivity contribution in [1.82, 2.24) is 9.78 Å². The van der Waals surface area contributed by atoms with Gasteiger partial charge in [-0.25, -0.2) is 0 Å². The maximum absolute atomic E-state index is 12.9. The molecule has 0 saturated carbocycles. The molecule has 0 bridgehead atoms. The Morgan fingerprint density at radius 3 is 2.13 bits per heavy atom. The summed E-state index contributed by atoms with van der Waals surface area (Å²) in [6.45, 7) is 5.98. The van der Waals surface area contributed by atoms with E-state index in [9.17, 15) is 26.4 Å². The van der Waals surface area contributed by atoms with Crippen molar-refractivity contribution in [2.24, 2.45) is 0 Å². The zero-order valence-corrected chi connectivity index (χ0v) is 18.4. The van der Waals surface area contributed by atoms with E-state index in [1.165, 1.54) is 18.2 Å². The molecule has 0 aliphatic heterocycles. The van der Waals surface area contributed by atoms with Crippen LogP contribution in [0, 0.1) is 0 Å². The van der Waals surface area contributed by atoms with Crippen LogP contribution in [0.1, 0.15) is 26.3 Å². The number of alkyl halides is 3. The molecule has 160 valence electrons. The molecule has 0 radical (unpaired) electrons. The number of benzene rings is 2. The molecule has 0 aliphatic carbocycles. The van der Waals surface area contributed by atoms with Gasteiger partial charge in [0.05, 0.1) is 16.5 Å². The zero-order chi connectivity index (χ0) is 22.5. The summed E-state index contributed by atoms with van der Waals surface area (Å²) in [6, 6.07) is 10.7. The summed E-state index contributed by atoms with van der Waals surface area (Å²) < 4.78 is 67.1. The summed E-state index contributed by atoms with van der Waals surface area (Å²) in [5.41, 5.74) is -5.26. The smallest absolute Gasteiger partial charge is 0.353 e. The standard InChI is InChI=1S/C19H16BrF3N2O4S/c1-18(2,3)11-4-7-13(8-5-11)25-17(26)15-10-12(20)6-9-14(15)16(24-25)29-30(27,28)19(21,22)23/h4-10H,1-3H3. The topological polar surface area (TPSA) is 78.3 Å². The van der Waals surface area contributed by atoms with E-state index in [0.29, 0.717) is 4.47 Å². The third-order valence-corrected chi connectivity index (χ3v) is 5.71. The highest BCUT2D eigenvalue weighted by molar-refractivity contribution is 9.10. The maximum atomic E-state index is 12.9. The van der Waals surface area contributed by atoms with Crippen molar-refractivity contribution in [3.8, 4) is 11.6 Å². The quantitative estimate of drug-likeness (QED) is 0.382. The van der Waals surface area contributed by atoms with Crippen molar-refractivity contribution >= 4 is 36.8 Å². The van der Waals surface area contributed by atoms with Gasteiger partial charge in [-0.3, -0.25) is 4.79 Å². The van der Waals surface area contributed by atoms with Gasteiger partial charge in [-0.05, 0) is 41.3 Å². The summed E-state index contributed by atoms with van der Waals surface area (Å²) in [7, 11) is -5.98. The molecule has 0 unspecified atom stereocenters. The van der Waals surface area contributed by atoms with Crippen LogP contribution < -0.4 is 9.74 Å². The molecule has 0 N–H and O–H groups in total. The van der Waals surface area contributed by atoms with Gasteiger partial charge in [0.2, 0.25) is 0 Å². The van der Waals surface area contributed by atoms with Gasteiger partial charge in [-0.1, -0.05) is 48.8 Å². The highest BCUT2D eigenvalue weighted by Crippen LogP contribution is 2.31. The zero-order valence-electron chi connectivity index (χ0n) is 16.0.